The predicted octanol–water partition coefficient (Wildman–Crippen LogP) is 3.08. The van der Waals surface area contributed by atoms with Gasteiger partial charge in [0.1, 0.15) is 5.75 Å². The SMILES string of the molecule is COc1c(C)cc(NC(=O)S)c(C)c1C. The molecule has 0 aromatic heterocycles. The fraction of sp³-hybridized carbons (Fsp3) is 0.364. The van der Waals surface area contributed by atoms with Gasteiger partial charge in [-0.25, -0.2) is 0 Å². The molecule has 0 heterocycles. The number of benzene rings is 1. The molecule has 0 aliphatic carbocycles. The van der Waals surface area contributed by atoms with Crippen LogP contribution in [0.25, 0.3) is 0 Å². The normalized spacial score (nSPS) is 9.93. The summed E-state index contributed by atoms with van der Waals surface area (Å²) >= 11 is 3.69. The van der Waals surface area contributed by atoms with Crippen LogP contribution in [0.5, 0.6) is 5.75 Å². The zero-order valence-electron chi connectivity index (χ0n) is 9.34. The Morgan fingerprint density at radius 1 is 1.33 bits per heavy atom. The van der Waals surface area contributed by atoms with Crippen molar-refractivity contribution >= 4 is 23.6 Å². The third-order valence-corrected chi connectivity index (χ3v) is 2.58. The van der Waals surface area contributed by atoms with Crippen molar-refractivity contribution in [1.29, 1.82) is 0 Å². The number of methoxy groups -OCH3 is 1. The van der Waals surface area contributed by atoms with Crippen LogP contribution in [0.2, 0.25) is 0 Å². The van der Waals surface area contributed by atoms with E-state index in [0.717, 1.165) is 28.1 Å². The molecule has 15 heavy (non-hydrogen) atoms. The number of carbonyl (C=O) groups excluding carboxylic acids is 1. The molecule has 0 aliphatic heterocycles. The van der Waals surface area contributed by atoms with Crippen molar-refractivity contribution in [3.8, 4) is 5.75 Å². The van der Waals surface area contributed by atoms with Crippen LogP contribution >= 0.6 is 12.6 Å². The molecule has 1 N–H and O–H groups in total. The summed E-state index contributed by atoms with van der Waals surface area (Å²) in [6, 6.07) is 1.88. The van der Waals surface area contributed by atoms with Crippen LogP contribution in [0.4, 0.5) is 10.5 Å². The van der Waals surface area contributed by atoms with Crippen LogP contribution in [0.1, 0.15) is 16.7 Å². The molecule has 0 saturated heterocycles. The summed E-state index contributed by atoms with van der Waals surface area (Å²) in [5.74, 6) is 0.865. The Morgan fingerprint density at radius 2 is 1.93 bits per heavy atom. The Kier molecular flexibility index (Phi) is 3.63. The average molecular weight is 225 g/mol. The fourth-order valence-corrected chi connectivity index (χ4v) is 1.74. The number of thiol groups is 1. The minimum atomic E-state index is -0.359. The summed E-state index contributed by atoms with van der Waals surface area (Å²) in [5, 5.41) is 2.32. The molecule has 0 spiro atoms. The number of aryl methyl sites for hydroxylation is 1. The Balaban J connectivity index is 3.27. The van der Waals surface area contributed by atoms with Crippen molar-refractivity contribution in [2.45, 2.75) is 20.8 Å². The third kappa shape index (κ3) is 2.45. The first-order valence-corrected chi connectivity index (χ1v) is 5.06. The first-order valence-electron chi connectivity index (χ1n) is 4.62. The second-order valence-electron chi connectivity index (χ2n) is 3.45. The number of hydrogen-bond donors (Lipinski definition) is 2. The molecule has 0 fully saturated rings. The van der Waals surface area contributed by atoms with Crippen LogP contribution < -0.4 is 10.1 Å². The summed E-state index contributed by atoms with van der Waals surface area (Å²) in [6.45, 7) is 5.85. The standard InChI is InChI=1S/C11H15NO2S/c1-6-5-9(12-11(13)15)7(2)8(3)10(6)14-4/h5H,1-4H3,(H2,12,13,15). The highest BCUT2D eigenvalue weighted by atomic mass is 32.1. The zero-order chi connectivity index (χ0) is 11.6. The first-order chi connectivity index (χ1) is 6.97. The van der Waals surface area contributed by atoms with E-state index in [-0.39, 0.29) is 5.24 Å². The Labute approximate surface area is 95.2 Å². The van der Waals surface area contributed by atoms with Crippen LogP contribution in [-0.4, -0.2) is 12.3 Å². The quantitative estimate of drug-likeness (QED) is 0.759. The third-order valence-electron chi connectivity index (χ3n) is 2.47. The van der Waals surface area contributed by atoms with E-state index in [2.05, 4.69) is 17.9 Å². The maximum Gasteiger partial charge on any atom is 0.280 e. The highest BCUT2D eigenvalue weighted by molar-refractivity contribution is 7.96. The van der Waals surface area contributed by atoms with Gasteiger partial charge in [-0.15, -0.1) is 0 Å². The number of carbonyl (C=O) groups is 1. The van der Waals surface area contributed by atoms with Gasteiger partial charge in [0, 0.05) is 5.69 Å². The molecular weight excluding hydrogens is 210 g/mol. The monoisotopic (exact) mass is 225 g/mol. The Morgan fingerprint density at radius 3 is 2.40 bits per heavy atom. The molecule has 0 bridgehead atoms. The molecule has 0 radical (unpaired) electrons. The topological polar surface area (TPSA) is 38.3 Å². The highest BCUT2D eigenvalue weighted by Crippen LogP contribution is 2.31. The second-order valence-corrected chi connectivity index (χ2v) is 3.86. The van der Waals surface area contributed by atoms with Crippen molar-refractivity contribution in [3.05, 3.63) is 22.8 Å². The second kappa shape index (κ2) is 4.57. The molecule has 0 saturated carbocycles. The van der Waals surface area contributed by atoms with E-state index < -0.39 is 0 Å². The summed E-state index contributed by atoms with van der Waals surface area (Å²) in [5.41, 5.74) is 3.82. The number of hydrogen-bond acceptors (Lipinski definition) is 2. The number of anilines is 1. The van der Waals surface area contributed by atoms with Gasteiger partial charge in [0.2, 0.25) is 0 Å². The van der Waals surface area contributed by atoms with E-state index in [1.165, 1.54) is 0 Å². The number of ether oxygens (including phenoxy) is 1. The van der Waals surface area contributed by atoms with Crippen LogP contribution in [0.3, 0.4) is 0 Å². The van der Waals surface area contributed by atoms with Gasteiger partial charge in [-0.05, 0) is 43.5 Å². The van der Waals surface area contributed by atoms with Gasteiger partial charge >= 0.3 is 0 Å². The predicted molar refractivity (Wildman–Crippen MR) is 65.2 cm³/mol. The van der Waals surface area contributed by atoms with Gasteiger partial charge in [0.05, 0.1) is 7.11 Å². The lowest BCUT2D eigenvalue weighted by Crippen LogP contribution is -2.05. The largest absolute Gasteiger partial charge is 0.496 e. The number of rotatable bonds is 2. The lowest BCUT2D eigenvalue weighted by atomic mass is 10.0. The average Bonchev–Trinajstić information content (AvgIpc) is 2.14. The zero-order valence-corrected chi connectivity index (χ0v) is 10.2. The van der Waals surface area contributed by atoms with Crippen molar-refractivity contribution in [1.82, 2.24) is 0 Å². The lowest BCUT2D eigenvalue weighted by Gasteiger charge is -2.15. The molecule has 1 rings (SSSR count). The van der Waals surface area contributed by atoms with E-state index in [9.17, 15) is 4.79 Å². The van der Waals surface area contributed by atoms with Gasteiger partial charge < -0.3 is 10.1 Å². The van der Waals surface area contributed by atoms with Crippen molar-refractivity contribution in [2.75, 3.05) is 12.4 Å². The van der Waals surface area contributed by atoms with Crippen LogP contribution in [0, 0.1) is 20.8 Å². The minimum Gasteiger partial charge on any atom is -0.496 e. The van der Waals surface area contributed by atoms with E-state index in [1.807, 2.05) is 26.8 Å². The molecule has 0 unspecified atom stereocenters. The van der Waals surface area contributed by atoms with Crippen molar-refractivity contribution < 1.29 is 9.53 Å². The van der Waals surface area contributed by atoms with Gasteiger partial charge in [-0.1, -0.05) is 12.6 Å². The van der Waals surface area contributed by atoms with Crippen molar-refractivity contribution in [2.24, 2.45) is 0 Å². The van der Waals surface area contributed by atoms with Crippen LogP contribution in [-0.2, 0) is 0 Å². The first kappa shape index (κ1) is 11.9. The lowest BCUT2D eigenvalue weighted by molar-refractivity contribution is 0.270. The number of amides is 1. The Hall–Kier alpha value is -1.16. The maximum atomic E-state index is 10.9. The Bertz CT molecular complexity index is 402. The fourth-order valence-electron chi connectivity index (χ4n) is 1.62. The summed E-state index contributed by atoms with van der Waals surface area (Å²) in [4.78, 5) is 10.9. The molecule has 1 amide bonds. The summed E-state index contributed by atoms with van der Waals surface area (Å²) in [7, 11) is 1.64. The molecule has 1 aromatic carbocycles. The van der Waals surface area contributed by atoms with E-state index in [0.29, 0.717) is 0 Å². The van der Waals surface area contributed by atoms with E-state index >= 15 is 0 Å². The van der Waals surface area contributed by atoms with E-state index in [4.69, 9.17) is 4.74 Å². The summed E-state index contributed by atoms with van der Waals surface area (Å²) < 4.78 is 5.28. The minimum absolute atomic E-state index is 0.359. The maximum absolute atomic E-state index is 10.9. The van der Waals surface area contributed by atoms with Crippen LogP contribution in [0.15, 0.2) is 6.07 Å². The van der Waals surface area contributed by atoms with Gasteiger partial charge in [0.15, 0.2) is 0 Å². The van der Waals surface area contributed by atoms with Gasteiger partial charge in [-0.2, -0.15) is 0 Å². The van der Waals surface area contributed by atoms with E-state index in [1.54, 1.807) is 7.11 Å². The van der Waals surface area contributed by atoms with Crippen molar-refractivity contribution in [3.63, 3.8) is 0 Å². The summed E-state index contributed by atoms with van der Waals surface area (Å²) in [6.07, 6.45) is 0. The molecule has 4 heteroatoms. The number of nitrogens with one attached hydrogen (secondary N) is 1. The molecule has 1 aromatic rings. The molecule has 0 aliphatic rings. The van der Waals surface area contributed by atoms with Gasteiger partial charge in [0.25, 0.3) is 5.24 Å². The molecule has 0 atom stereocenters. The highest BCUT2D eigenvalue weighted by Gasteiger charge is 2.11. The van der Waals surface area contributed by atoms with Gasteiger partial charge in [-0.3, -0.25) is 4.79 Å². The molecule has 3 nitrogen and oxygen atoms in total. The molecular formula is C11H15NO2S. The smallest absolute Gasteiger partial charge is 0.280 e. The molecule has 82 valence electrons.